The third kappa shape index (κ3) is 8.33. The first-order valence-electron chi connectivity index (χ1n) is 13.6. The van der Waals surface area contributed by atoms with Crippen LogP contribution in [-0.2, 0) is 32.6 Å². The van der Waals surface area contributed by atoms with E-state index in [1.807, 2.05) is 54.6 Å². The first-order chi connectivity index (χ1) is 19.7. The van der Waals surface area contributed by atoms with Crippen molar-refractivity contribution >= 4 is 43.5 Å². The van der Waals surface area contributed by atoms with Gasteiger partial charge in [-0.1, -0.05) is 83.4 Å². The normalized spacial score (nSPS) is 14.3. The Morgan fingerprint density at radius 1 is 0.976 bits per heavy atom. The van der Waals surface area contributed by atoms with Crippen LogP contribution in [0.3, 0.4) is 0 Å². The SMILES string of the molecule is COc1ccccc1N(CC(=O)N(Cc1cccc(Br)c1)C(Cc1ccccc1)C(=O)NC1CCCC1)S(C)(=O)=O. The highest BCUT2D eigenvalue weighted by molar-refractivity contribution is 9.10. The molecule has 3 aromatic carbocycles. The Hall–Kier alpha value is -3.37. The molecular weight excluding hydrogens is 606 g/mol. The van der Waals surface area contributed by atoms with Crippen LogP contribution in [0.25, 0.3) is 0 Å². The summed E-state index contributed by atoms with van der Waals surface area (Å²) in [5.41, 5.74) is 1.96. The second-order valence-corrected chi connectivity index (χ2v) is 13.1. The van der Waals surface area contributed by atoms with Crippen molar-refractivity contribution in [1.29, 1.82) is 0 Å². The van der Waals surface area contributed by atoms with Crippen LogP contribution in [-0.4, -0.2) is 57.1 Å². The van der Waals surface area contributed by atoms with Crippen molar-refractivity contribution in [2.75, 3.05) is 24.2 Å². The predicted molar refractivity (Wildman–Crippen MR) is 164 cm³/mol. The van der Waals surface area contributed by atoms with Gasteiger partial charge < -0.3 is 15.0 Å². The lowest BCUT2D eigenvalue weighted by atomic mass is 10.0. The second kappa shape index (κ2) is 14.0. The number of para-hydroxylation sites is 2. The van der Waals surface area contributed by atoms with E-state index in [1.54, 1.807) is 24.3 Å². The minimum atomic E-state index is -3.88. The number of methoxy groups -OCH3 is 1. The Labute approximate surface area is 250 Å². The first-order valence-corrected chi connectivity index (χ1v) is 16.3. The molecule has 8 nitrogen and oxygen atoms in total. The van der Waals surface area contributed by atoms with Crippen LogP contribution in [0, 0.1) is 0 Å². The lowest BCUT2D eigenvalue weighted by Gasteiger charge is -2.34. The lowest BCUT2D eigenvalue weighted by molar-refractivity contribution is -0.140. The fourth-order valence-electron chi connectivity index (χ4n) is 5.18. The highest BCUT2D eigenvalue weighted by Crippen LogP contribution is 2.30. The van der Waals surface area contributed by atoms with Gasteiger partial charge in [-0.2, -0.15) is 0 Å². The number of amides is 2. The molecule has 2 amide bonds. The largest absolute Gasteiger partial charge is 0.495 e. The Balaban J connectivity index is 1.74. The number of nitrogens with zero attached hydrogens (tertiary/aromatic N) is 2. The van der Waals surface area contributed by atoms with E-state index < -0.39 is 28.5 Å². The average Bonchev–Trinajstić information content (AvgIpc) is 3.46. The highest BCUT2D eigenvalue weighted by Gasteiger charge is 2.34. The number of carbonyl (C=O) groups is 2. The third-order valence-electron chi connectivity index (χ3n) is 7.25. The fourth-order valence-corrected chi connectivity index (χ4v) is 6.48. The number of benzene rings is 3. The molecule has 1 unspecified atom stereocenters. The second-order valence-electron chi connectivity index (χ2n) is 10.3. The van der Waals surface area contributed by atoms with Gasteiger partial charge in [-0.15, -0.1) is 0 Å². The van der Waals surface area contributed by atoms with E-state index in [0.29, 0.717) is 5.75 Å². The summed E-state index contributed by atoms with van der Waals surface area (Å²) >= 11 is 3.50. The van der Waals surface area contributed by atoms with E-state index >= 15 is 0 Å². The number of hydrogen-bond acceptors (Lipinski definition) is 5. The van der Waals surface area contributed by atoms with Crippen molar-refractivity contribution in [3.8, 4) is 5.75 Å². The van der Waals surface area contributed by atoms with Crippen molar-refractivity contribution in [3.63, 3.8) is 0 Å². The number of carbonyl (C=O) groups excluding carboxylic acids is 2. The van der Waals surface area contributed by atoms with E-state index in [0.717, 1.165) is 51.8 Å². The number of hydrogen-bond donors (Lipinski definition) is 1. The van der Waals surface area contributed by atoms with Gasteiger partial charge in [0, 0.05) is 23.5 Å². The maximum Gasteiger partial charge on any atom is 0.244 e. The number of nitrogens with one attached hydrogen (secondary N) is 1. The number of ether oxygens (including phenoxy) is 1. The molecule has 1 saturated carbocycles. The van der Waals surface area contributed by atoms with Crippen molar-refractivity contribution in [2.24, 2.45) is 0 Å². The average molecular weight is 643 g/mol. The number of halogens is 1. The summed E-state index contributed by atoms with van der Waals surface area (Å²) < 4.78 is 33.3. The Bertz CT molecular complexity index is 1440. The van der Waals surface area contributed by atoms with Crippen molar-refractivity contribution in [1.82, 2.24) is 10.2 Å². The van der Waals surface area contributed by atoms with Gasteiger partial charge in [-0.25, -0.2) is 8.42 Å². The molecule has 3 aromatic rings. The topological polar surface area (TPSA) is 96.0 Å². The molecule has 1 aliphatic carbocycles. The van der Waals surface area contributed by atoms with Gasteiger partial charge in [-0.3, -0.25) is 13.9 Å². The van der Waals surface area contributed by atoms with E-state index in [1.165, 1.54) is 12.0 Å². The van der Waals surface area contributed by atoms with Gasteiger partial charge >= 0.3 is 0 Å². The molecule has 0 heterocycles. The molecule has 218 valence electrons. The van der Waals surface area contributed by atoms with Crippen LogP contribution in [0.15, 0.2) is 83.3 Å². The molecule has 0 saturated heterocycles. The molecule has 0 radical (unpaired) electrons. The molecule has 0 bridgehead atoms. The molecule has 0 aromatic heterocycles. The van der Waals surface area contributed by atoms with Crippen molar-refractivity contribution < 1.29 is 22.7 Å². The van der Waals surface area contributed by atoms with Crippen LogP contribution >= 0.6 is 15.9 Å². The maximum absolute atomic E-state index is 14.2. The fraction of sp³-hybridized carbons (Fsp3) is 0.355. The van der Waals surface area contributed by atoms with E-state index in [9.17, 15) is 18.0 Å². The number of anilines is 1. The maximum atomic E-state index is 14.2. The summed E-state index contributed by atoms with van der Waals surface area (Å²) in [4.78, 5) is 29.6. The molecule has 0 spiro atoms. The highest BCUT2D eigenvalue weighted by atomic mass is 79.9. The van der Waals surface area contributed by atoms with Gasteiger partial charge in [0.1, 0.15) is 18.3 Å². The molecule has 41 heavy (non-hydrogen) atoms. The minimum Gasteiger partial charge on any atom is -0.495 e. The standard InChI is InChI=1S/C31H36BrN3O5S/c1-40-29-18-9-8-17-27(29)35(41(2,38)39)22-30(36)34(21-24-13-10-14-25(32)19-24)28(20-23-11-4-3-5-12-23)31(37)33-26-15-6-7-16-26/h3-5,8-14,17-19,26,28H,6-7,15-16,20-22H2,1-2H3,(H,33,37). The van der Waals surface area contributed by atoms with Crippen LogP contribution in [0.1, 0.15) is 36.8 Å². The van der Waals surface area contributed by atoms with Gasteiger partial charge in [0.05, 0.1) is 19.1 Å². The van der Waals surface area contributed by atoms with Crippen molar-refractivity contribution in [2.45, 2.75) is 50.7 Å². The molecule has 1 fully saturated rings. The summed E-state index contributed by atoms with van der Waals surface area (Å²) in [6.07, 6.45) is 5.25. The third-order valence-corrected chi connectivity index (χ3v) is 8.87. The Kier molecular flexibility index (Phi) is 10.4. The van der Waals surface area contributed by atoms with E-state index in [2.05, 4.69) is 21.2 Å². The van der Waals surface area contributed by atoms with Gasteiger partial charge in [0.15, 0.2) is 0 Å². The lowest BCUT2D eigenvalue weighted by Crippen LogP contribution is -2.54. The van der Waals surface area contributed by atoms with E-state index in [4.69, 9.17) is 4.74 Å². The molecule has 0 aliphatic heterocycles. The molecule has 4 rings (SSSR count). The van der Waals surface area contributed by atoms with Crippen LogP contribution in [0.4, 0.5) is 5.69 Å². The van der Waals surface area contributed by atoms with Crippen LogP contribution in [0.2, 0.25) is 0 Å². The zero-order valence-corrected chi connectivity index (χ0v) is 25.7. The Morgan fingerprint density at radius 2 is 1.63 bits per heavy atom. The molecule has 1 atom stereocenters. The summed E-state index contributed by atoms with van der Waals surface area (Å²) in [6, 6.07) is 22.9. The number of sulfonamides is 1. The summed E-state index contributed by atoms with van der Waals surface area (Å²) in [6.45, 7) is -0.368. The molecule has 10 heteroatoms. The van der Waals surface area contributed by atoms with Gasteiger partial charge in [-0.05, 0) is 48.2 Å². The number of rotatable bonds is 12. The molecule has 1 N–H and O–H groups in total. The molecule has 1 aliphatic rings. The summed E-state index contributed by atoms with van der Waals surface area (Å²) in [5.74, 6) is -0.416. The van der Waals surface area contributed by atoms with E-state index in [-0.39, 0.29) is 30.6 Å². The minimum absolute atomic E-state index is 0.0599. The quantitative estimate of drug-likeness (QED) is 0.303. The molecular formula is C31H36BrN3O5S. The smallest absolute Gasteiger partial charge is 0.244 e. The Morgan fingerprint density at radius 3 is 2.29 bits per heavy atom. The van der Waals surface area contributed by atoms with Crippen LogP contribution < -0.4 is 14.4 Å². The first kappa shape index (κ1) is 30.6. The summed E-state index contributed by atoms with van der Waals surface area (Å²) in [5, 5.41) is 3.17. The van der Waals surface area contributed by atoms with Crippen LogP contribution in [0.5, 0.6) is 5.75 Å². The van der Waals surface area contributed by atoms with Gasteiger partial charge in [0.25, 0.3) is 0 Å². The zero-order chi connectivity index (χ0) is 29.4. The summed E-state index contributed by atoms with van der Waals surface area (Å²) in [7, 11) is -2.44. The monoisotopic (exact) mass is 641 g/mol. The zero-order valence-electron chi connectivity index (χ0n) is 23.3. The predicted octanol–water partition coefficient (Wildman–Crippen LogP) is 4.92. The van der Waals surface area contributed by atoms with Crippen molar-refractivity contribution in [3.05, 3.63) is 94.5 Å². The van der Waals surface area contributed by atoms with Gasteiger partial charge in [0.2, 0.25) is 21.8 Å².